The smallest absolute Gasteiger partial charge is 0.255 e. The highest BCUT2D eigenvalue weighted by Gasteiger charge is 2.39. The zero-order valence-electron chi connectivity index (χ0n) is 14.3. The third-order valence-electron chi connectivity index (χ3n) is 4.01. The van der Waals surface area contributed by atoms with Crippen molar-refractivity contribution in [1.82, 2.24) is 15.7 Å². The van der Waals surface area contributed by atoms with Crippen molar-refractivity contribution in [2.24, 2.45) is 17.2 Å². The number of piperidine rings is 1. The Balaban J connectivity index is 2.84. The Morgan fingerprint density at radius 1 is 1.54 bits per heavy atom. The molecule has 0 aromatic rings. The molecule has 10 heteroatoms. The molecule has 1 fully saturated rings. The molecule has 2 amide bonds. The Kier molecular flexibility index (Phi) is 8.86. The van der Waals surface area contributed by atoms with Crippen molar-refractivity contribution in [3.63, 3.8) is 0 Å². The number of rotatable bonds is 10. The van der Waals surface area contributed by atoms with E-state index in [4.69, 9.17) is 17.2 Å². The lowest BCUT2D eigenvalue weighted by molar-refractivity contribution is -0.127. The van der Waals surface area contributed by atoms with Crippen LogP contribution in [0.4, 0.5) is 0 Å². The van der Waals surface area contributed by atoms with Crippen LogP contribution in [0.15, 0.2) is 0 Å². The highest BCUT2D eigenvalue weighted by Crippen LogP contribution is 2.32. The lowest BCUT2D eigenvalue weighted by atomic mass is 9.99. The zero-order valence-corrected chi connectivity index (χ0v) is 15.3. The van der Waals surface area contributed by atoms with Crippen LogP contribution in [0.25, 0.3) is 0 Å². The molecule has 0 saturated carbocycles. The van der Waals surface area contributed by atoms with Crippen molar-refractivity contribution in [1.29, 1.82) is 0 Å². The van der Waals surface area contributed by atoms with Crippen molar-refractivity contribution >= 4 is 19.8 Å². The van der Waals surface area contributed by atoms with Gasteiger partial charge in [0.1, 0.15) is 13.6 Å². The third kappa shape index (κ3) is 6.14. The van der Waals surface area contributed by atoms with Crippen LogP contribution in [-0.4, -0.2) is 48.8 Å². The minimum atomic E-state index is -2.61. The molecule has 9 N–H and O–H groups in total. The van der Waals surface area contributed by atoms with E-state index in [0.717, 1.165) is 12.8 Å². The van der Waals surface area contributed by atoms with Gasteiger partial charge in [-0.15, -0.1) is 0 Å². The van der Waals surface area contributed by atoms with Gasteiger partial charge in [0.15, 0.2) is 5.66 Å². The molecule has 1 saturated heterocycles. The van der Waals surface area contributed by atoms with Crippen LogP contribution in [0.1, 0.15) is 39.0 Å². The van der Waals surface area contributed by atoms with Gasteiger partial charge >= 0.3 is 0 Å². The highest BCUT2D eigenvalue weighted by molar-refractivity contribution is 7.44. The van der Waals surface area contributed by atoms with Gasteiger partial charge in [-0.3, -0.25) is 9.59 Å². The van der Waals surface area contributed by atoms with Crippen LogP contribution in [0.5, 0.6) is 0 Å². The average Bonchev–Trinajstić information content (AvgIpc) is 2.52. The molecule has 0 aliphatic carbocycles. The molecule has 0 aromatic carbocycles. The number of carbonyl (C=O) groups excluding carboxylic acids is 2. The third-order valence-corrected chi connectivity index (χ3v) is 5.89. The summed E-state index contributed by atoms with van der Waals surface area (Å²) in [6.45, 7) is 3.32. The molecule has 1 aliphatic rings. The van der Waals surface area contributed by atoms with E-state index >= 15 is 0 Å². The molecule has 3 unspecified atom stereocenters. The predicted octanol–water partition coefficient (Wildman–Crippen LogP) is -1.42. The Morgan fingerprint density at radius 3 is 2.83 bits per heavy atom. The molecule has 0 spiro atoms. The Bertz CT molecular complexity index is 464. The van der Waals surface area contributed by atoms with Crippen molar-refractivity contribution in [2.45, 2.75) is 56.4 Å². The lowest BCUT2D eigenvalue weighted by Crippen LogP contribution is -2.64. The van der Waals surface area contributed by atoms with Crippen molar-refractivity contribution in [3.05, 3.63) is 0 Å². The molecule has 0 aromatic heterocycles. The van der Waals surface area contributed by atoms with Gasteiger partial charge in [-0.25, -0.2) is 5.09 Å². The summed E-state index contributed by atoms with van der Waals surface area (Å²) in [6.07, 6.45) is 2.59. The molecule has 1 heterocycles. The van der Waals surface area contributed by atoms with Crippen LogP contribution in [0.3, 0.4) is 0 Å². The number of hydrogen-bond acceptors (Lipinski definition) is 6. The molecular weight excluding hydrogens is 331 g/mol. The fraction of sp³-hybridized carbons (Fsp3) is 0.857. The van der Waals surface area contributed by atoms with Gasteiger partial charge in [0.25, 0.3) is 5.91 Å². The SMILES string of the molecule is CCCNC(=O)C(N)(CC(N)CCN)N[PH](=O)[C@H]1CCCNC1=O. The van der Waals surface area contributed by atoms with E-state index in [1.165, 1.54) is 0 Å². The summed E-state index contributed by atoms with van der Waals surface area (Å²) in [5.41, 5.74) is 15.4. The maximum absolute atomic E-state index is 12.6. The van der Waals surface area contributed by atoms with Crippen LogP contribution >= 0.6 is 7.95 Å². The van der Waals surface area contributed by atoms with Gasteiger partial charge in [-0.05, 0) is 32.2 Å². The van der Waals surface area contributed by atoms with Crippen LogP contribution < -0.4 is 32.9 Å². The maximum atomic E-state index is 12.6. The monoisotopic (exact) mass is 362 g/mol. The number of hydrogen-bond donors (Lipinski definition) is 6. The summed E-state index contributed by atoms with van der Waals surface area (Å²) in [7, 11) is -2.61. The topological polar surface area (TPSA) is 165 Å². The van der Waals surface area contributed by atoms with E-state index < -0.39 is 31.2 Å². The second-order valence-corrected chi connectivity index (χ2v) is 7.92. The van der Waals surface area contributed by atoms with Gasteiger partial charge in [0.05, 0.1) is 0 Å². The van der Waals surface area contributed by atoms with E-state index in [1.807, 2.05) is 6.92 Å². The first-order chi connectivity index (χ1) is 11.3. The van der Waals surface area contributed by atoms with Crippen LogP contribution in [-0.2, 0) is 14.2 Å². The Hall–Kier alpha value is -0.990. The van der Waals surface area contributed by atoms with Gasteiger partial charge < -0.3 is 32.4 Å². The van der Waals surface area contributed by atoms with E-state index in [9.17, 15) is 14.2 Å². The van der Waals surface area contributed by atoms with Gasteiger partial charge in [-0.1, -0.05) is 6.92 Å². The first kappa shape index (κ1) is 21.1. The van der Waals surface area contributed by atoms with Crippen molar-refractivity contribution < 1.29 is 14.2 Å². The van der Waals surface area contributed by atoms with Crippen LogP contribution in [0.2, 0.25) is 0 Å². The number of carbonyl (C=O) groups is 2. The summed E-state index contributed by atoms with van der Waals surface area (Å²) >= 11 is 0. The molecule has 1 rings (SSSR count). The fourth-order valence-corrected chi connectivity index (χ4v) is 4.29. The van der Waals surface area contributed by atoms with E-state index in [-0.39, 0.29) is 12.3 Å². The van der Waals surface area contributed by atoms with Crippen LogP contribution in [0, 0.1) is 0 Å². The molecule has 4 atom stereocenters. The fourth-order valence-electron chi connectivity index (χ4n) is 2.66. The van der Waals surface area contributed by atoms with E-state index in [1.54, 1.807) is 0 Å². The molecule has 9 nitrogen and oxygen atoms in total. The molecule has 24 heavy (non-hydrogen) atoms. The molecular formula is C14H31N6O3P. The predicted molar refractivity (Wildman–Crippen MR) is 94.7 cm³/mol. The molecule has 0 bridgehead atoms. The first-order valence-corrected chi connectivity index (χ1v) is 9.95. The molecule has 140 valence electrons. The highest BCUT2D eigenvalue weighted by atomic mass is 31.1. The summed E-state index contributed by atoms with van der Waals surface area (Å²) in [5, 5.41) is 8.11. The Labute approximate surface area is 143 Å². The summed E-state index contributed by atoms with van der Waals surface area (Å²) in [4.78, 5) is 24.3. The lowest BCUT2D eigenvalue weighted by Gasteiger charge is -2.33. The second kappa shape index (κ2) is 10.1. The van der Waals surface area contributed by atoms with Crippen molar-refractivity contribution in [2.75, 3.05) is 19.6 Å². The normalized spacial score (nSPS) is 23.0. The van der Waals surface area contributed by atoms with E-state index in [0.29, 0.717) is 32.5 Å². The average molecular weight is 362 g/mol. The minimum Gasteiger partial charge on any atom is -0.355 e. The summed E-state index contributed by atoms with van der Waals surface area (Å²) in [6, 6.07) is -0.408. The summed E-state index contributed by atoms with van der Waals surface area (Å²) in [5.74, 6) is -0.730. The standard InChI is InChI=1S/C14H31N6O3P/c1-2-7-19-13(22)14(17,9-10(16)5-6-15)20-24(23)11-4-3-8-18-12(11)21/h10-11,24H,2-9,15-17H2,1H3,(H,18,21)(H,19,22)(H,20,23)/t10?,11-,14?/m0/s1. The van der Waals surface area contributed by atoms with Gasteiger partial charge in [0.2, 0.25) is 5.91 Å². The Morgan fingerprint density at radius 2 is 2.25 bits per heavy atom. The minimum absolute atomic E-state index is 0.0878. The zero-order chi connectivity index (χ0) is 18.2. The summed E-state index contributed by atoms with van der Waals surface area (Å²) < 4.78 is 12.6. The number of amides is 2. The molecule has 1 aliphatic heterocycles. The maximum Gasteiger partial charge on any atom is 0.255 e. The number of nitrogens with one attached hydrogen (secondary N) is 3. The molecule has 0 radical (unpaired) electrons. The van der Waals surface area contributed by atoms with Crippen molar-refractivity contribution in [3.8, 4) is 0 Å². The quantitative estimate of drug-likeness (QED) is 0.205. The second-order valence-electron chi connectivity index (χ2n) is 6.24. The first-order valence-electron chi connectivity index (χ1n) is 8.46. The largest absolute Gasteiger partial charge is 0.355 e. The number of nitrogens with two attached hydrogens (primary N) is 3. The van der Waals surface area contributed by atoms with Gasteiger partial charge in [-0.2, -0.15) is 0 Å². The van der Waals surface area contributed by atoms with Gasteiger partial charge in [0, 0.05) is 25.6 Å². The van der Waals surface area contributed by atoms with E-state index in [2.05, 4.69) is 15.7 Å².